The molecule has 0 aliphatic carbocycles. The molecule has 1 rings (SSSR count). The van der Waals surface area contributed by atoms with Gasteiger partial charge in [-0.05, 0) is 32.8 Å². The largest absolute Gasteiger partial charge is 0.372 e. The van der Waals surface area contributed by atoms with Gasteiger partial charge < -0.3 is 4.74 Å². The normalized spacial score (nSPS) is 15.2. The minimum atomic E-state index is 0.324. The van der Waals surface area contributed by atoms with Crippen LogP contribution in [0.25, 0.3) is 0 Å². The lowest BCUT2D eigenvalue weighted by molar-refractivity contribution is 0.0459. The van der Waals surface area contributed by atoms with Crippen LogP contribution in [0.3, 0.4) is 0 Å². The molecule has 0 N–H and O–H groups in total. The lowest BCUT2D eigenvalue weighted by atomic mass is 10.2. The Bertz CT molecular complexity index is 283. The van der Waals surface area contributed by atoms with Crippen LogP contribution in [0.5, 0.6) is 0 Å². The Labute approximate surface area is 92.4 Å². The fourth-order valence-corrected chi connectivity index (χ4v) is 1.37. The van der Waals surface area contributed by atoms with Crippen LogP contribution in [-0.4, -0.2) is 15.9 Å². The molecular weight excluding hydrogens is 188 g/mol. The van der Waals surface area contributed by atoms with E-state index in [1.165, 1.54) is 5.69 Å². The zero-order valence-corrected chi connectivity index (χ0v) is 10.2. The molecular formula is C12H22N2O. The zero-order chi connectivity index (χ0) is 11.3. The third kappa shape index (κ3) is 3.34. The predicted molar refractivity (Wildman–Crippen MR) is 61.8 cm³/mol. The highest BCUT2D eigenvalue weighted by molar-refractivity contribution is 5.00. The van der Waals surface area contributed by atoms with Crippen molar-refractivity contribution in [3.63, 3.8) is 0 Å². The minimum Gasteiger partial charge on any atom is -0.372 e. The standard InChI is InChI=1S/C12H22N2O/c1-5-10(3)14-12(7-8-13-14)9-15-11(4)6-2/h7-8,10-11H,5-6,9H2,1-4H3. The fraction of sp³-hybridized carbons (Fsp3) is 0.750. The molecule has 2 unspecified atom stereocenters. The number of hydrogen-bond acceptors (Lipinski definition) is 2. The van der Waals surface area contributed by atoms with Crippen molar-refractivity contribution < 1.29 is 4.74 Å². The number of hydrogen-bond donors (Lipinski definition) is 0. The van der Waals surface area contributed by atoms with Crippen molar-refractivity contribution in [1.82, 2.24) is 9.78 Å². The Hall–Kier alpha value is -0.830. The Morgan fingerprint density at radius 2 is 2.07 bits per heavy atom. The van der Waals surface area contributed by atoms with Crippen LogP contribution in [0.1, 0.15) is 52.3 Å². The number of aromatic nitrogens is 2. The molecule has 0 saturated carbocycles. The highest BCUT2D eigenvalue weighted by atomic mass is 16.5. The van der Waals surface area contributed by atoms with Crippen molar-refractivity contribution >= 4 is 0 Å². The zero-order valence-electron chi connectivity index (χ0n) is 10.2. The van der Waals surface area contributed by atoms with Crippen LogP contribution in [0.4, 0.5) is 0 Å². The van der Waals surface area contributed by atoms with Crippen LogP contribution < -0.4 is 0 Å². The quantitative estimate of drug-likeness (QED) is 0.721. The maximum absolute atomic E-state index is 5.71. The average molecular weight is 210 g/mol. The molecule has 1 heterocycles. The molecule has 3 nitrogen and oxygen atoms in total. The SMILES string of the molecule is CCC(C)OCc1ccnn1C(C)CC. The van der Waals surface area contributed by atoms with Gasteiger partial charge in [0.25, 0.3) is 0 Å². The van der Waals surface area contributed by atoms with E-state index in [-0.39, 0.29) is 0 Å². The molecule has 0 aliphatic rings. The molecule has 86 valence electrons. The van der Waals surface area contributed by atoms with E-state index in [2.05, 4.69) is 37.5 Å². The third-order valence-electron chi connectivity index (χ3n) is 2.85. The highest BCUT2D eigenvalue weighted by Gasteiger charge is 2.09. The van der Waals surface area contributed by atoms with Gasteiger partial charge >= 0.3 is 0 Å². The maximum Gasteiger partial charge on any atom is 0.0888 e. The van der Waals surface area contributed by atoms with Crippen molar-refractivity contribution in [2.75, 3.05) is 0 Å². The Morgan fingerprint density at radius 1 is 1.33 bits per heavy atom. The first-order valence-corrected chi connectivity index (χ1v) is 5.83. The summed E-state index contributed by atoms with van der Waals surface area (Å²) < 4.78 is 7.77. The van der Waals surface area contributed by atoms with E-state index in [9.17, 15) is 0 Å². The van der Waals surface area contributed by atoms with Gasteiger partial charge in [0.2, 0.25) is 0 Å². The molecule has 0 amide bonds. The lowest BCUT2D eigenvalue weighted by Gasteiger charge is -2.15. The van der Waals surface area contributed by atoms with E-state index in [0.717, 1.165) is 12.8 Å². The highest BCUT2D eigenvalue weighted by Crippen LogP contribution is 2.13. The van der Waals surface area contributed by atoms with Crippen molar-refractivity contribution in [1.29, 1.82) is 0 Å². The summed E-state index contributed by atoms with van der Waals surface area (Å²) in [5.74, 6) is 0. The van der Waals surface area contributed by atoms with E-state index in [4.69, 9.17) is 4.74 Å². The van der Waals surface area contributed by atoms with Gasteiger partial charge in [-0.25, -0.2) is 0 Å². The Kier molecular flexibility index (Phi) is 4.82. The molecule has 0 radical (unpaired) electrons. The number of nitrogens with zero attached hydrogens (tertiary/aromatic N) is 2. The van der Waals surface area contributed by atoms with E-state index < -0.39 is 0 Å². The second-order valence-corrected chi connectivity index (χ2v) is 4.05. The third-order valence-corrected chi connectivity index (χ3v) is 2.85. The summed E-state index contributed by atoms with van der Waals surface area (Å²) in [5.41, 5.74) is 1.17. The number of rotatable bonds is 6. The Balaban J connectivity index is 2.57. The summed E-state index contributed by atoms with van der Waals surface area (Å²) in [6.45, 7) is 9.26. The van der Waals surface area contributed by atoms with Crippen LogP contribution >= 0.6 is 0 Å². The van der Waals surface area contributed by atoms with Crippen LogP contribution in [-0.2, 0) is 11.3 Å². The van der Waals surface area contributed by atoms with Gasteiger partial charge in [0, 0.05) is 12.2 Å². The maximum atomic E-state index is 5.71. The van der Waals surface area contributed by atoms with Gasteiger partial charge in [0.15, 0.2) is 0 Å². The van der Waals surface area contributed by atoms with Gasteiger partial charge in [0.05, 0.1) is 18.4 Å². The first kappa shape index (κ1) is 12.2. The second kappa shape index (κ2) is 5.91. The van der Waals surface area contributed by atoms with E-state index in [1.54, 1.807) is 0 Å². The summed E-state index contributed by atoms with van der Waals surface area (Å²) in [5, 5.41) is 4.33. The van der Waals surface area contributed by atoms with Gasteiger partial charge in [0.1, 0.15) is 0 Å². The monoisotopic (exact) mass is 210 g/mol. The number of ether oxygens (including phenoxy) is 1. The van der Waals surface area contributed by atoms with E-state index in [1.807, 2.05) is 12.3 Å². The molecule has 0 aliphatic heterocycles. The van der Waals surface area contributed by atoms with Crippen LogP contribution in [0.15, 0.2) is 12.3 Å². The van der Waals surface area contributed by atoms with Crippen molar-refractivity contribution in [2.45, 2.75) is 59.3 Å². The molecule has 0 fully saturated rings. The van der Waals surface area contributed by atoms with E-state index in [0.29, 0.717) is 18.8 Å². The average Bonchev–Trinajstić information content (AvgIpc) is 2.72. The van der Waals surface area contributed by atoms with Gasteiger partial charge in [-0.2, -0.15) is 5.10 Å². The summed E-state index contributed by atoms with van der Waals surface area (Å²) in [6, 6.07) is 2.49. The summed E-state index contributed by atoms with van der Waals surface area (Å²) in [4.78, 5) is 0. The van der Waals surface area contributed by atoms with Crippen LogP contribution in [0.2, 0.25) is 0 Å². The molecule has 2 atom stereocenters. The van der Waals surface area contributed by atoms with Crippen LogP contribution in [0, 0.1) is 0 Å². The fourth-order valence-electron chi connectivity index (χ4n) is 1.37. The predicted octanol–water partition coefficient (Wildman–Crippen LogP) is 3.17. The first-order chi connectivity index (χ1) is 7.19. The van der Waals surface area contributed by atoms with Crippen molar-refractivity contribution in [3.05, 3.63) is 18.0 Å². The molecule has 0 bridgehead atoms. The second-order valence-electron chi connectivity index (χ2n) is 4.05. The topological polar surface area (TPSA) is 27.1 Å². The lowest BCUT2D eigenvalue weighted by Crippen LogP contribution is -2.13. The summed E-state index contributed by atoms with van der Waals surface area (Å²) in [7, 11) is 0. The molecule has 15 heavy (non-hydrogen) atoms. The molecule has 3 heteroatoms. The van der Waals surface area contributed by atoms with Crippen molar-refractivity contribution in [3.8, 4) is 0 Å². The Morgan fingerprint density at radius 3 is 2.67 bits per heavy atom. The first-order valence-electron chi connectivity index (χ1n) is 5.83. The molecule has 0 saturated heterocycles. The van der Waals surface area contributed by atoms with Crippen molar-refractivity contribution in [2.24, 2.45) is 0 Å². The van der Waals surface area contributed by atoms with Gasteiger partial charge in [-0.15, -0.1) is 0 Å². The van der Waals surface area contributed by atoms with Gasteiger partial charge in [-0.3, -0.25) is 4.68 Å². The molecule has 1 aromatic heterocycles. The summed E-state index contributed by atoms with van der Waals surface area (Å²) in [6.07, 6.45) is 4.32. The summed E-state index contributed by atoms with van der Waals surface area (Å²) >= 11 is 0. The van der Waals surface area contributed by atoms with Gasteiger partial charge in [-0.1, -0.05) is 13.8 Å². The molecule has 1 aromatic rings. The molecule has 0 spiro atoms. The minimum absolute atomic E-state index is 0.324. The molecule has 0 aromatic carbocycles. The smallest absolute Gasteiger partial charge is 0.0888 e. The van der Waals surface area contributed by atoms with E-state index >= 15 is 0 Å².